The van der Waals surface area contributed by atoms with Crippen LogP contribution >= 0.6 is 0 Å². The number of benzene rings is 2. The largest absolute Gasteiger partial charge is 0.362 e. The van der Waals surface area contributed by atoms with Crippen molar-refractivity contribution in [2.75, 3.05) is 11.4 Å². The summed E-state index contributed by atoms with van der Waals surface area (Å²) in [6.45, 7) is 2.83. The Morgan fingerprint density at radius 1 is 1.10 bits per heavy atom. The van der Waals surface area contributed by atoms with Gasteiger partial charge in [0.05, 0.1) is 6.04 Å². The first-order valence-corrected chi connectivity index (χ1v) is 7.03. The van der Waals surface area contributed by atoms with Crippen LogP contribution < -0.4 is 10.6 Å². The lowest BCUT2D eigenvalue weighted by atomic mass is 9.98. The molecule has 3 rings (SSSR count). The van der Waals surface area contributed by atoms with Gasteiger partial charge in [-0.05, 0) is 31.0 Å². The molecule has 2 N–H and O–H groups in total. The number of nitrogens with zero attached hydrogens (tertiary/aromatic N) is 1. The van der Waals surface area contributed by atoms with Crippen LogP contribution in [0.25, 0.3) is 0 Å². The van der Waals surface area contributed by atoms with Gasteiger partial charge in [-0.15, -0.1) is 0 Å². The predicted molar refractivity (Wildman–Crippen MR) is 80.3 cm³/mol. The Hall–Kier alpha value is -1.87. The molecular formula is C17H19FN2. The SMILES string of the molecule is CC(N)C(c1ccccc1F)N1CCc2ccccc21. The smallest absolute Gasteiger partial charge is 0.128 e. The average Bonchev–Trinajstić information content (AvgIpc) is 2.85. The molecule has 1 aliphatic rings. The van der Waals surface area contributed by atoms with Crippen molar-refractivity contribution >= 4 is 5.69 Å². The summed E-state index contributed by atoms with van der Waals surface area (Å²) < 4.78 is 14.1. The quantitative estimate of drug-likeness (QED) is 0.927. The molecule has 0 aliphatic carbocycles. The van der Waals surface area contributed by atoms with Gasteiger partial charge in [-0.1, -0.05) is 36.4 Å². The van der Waals surface area contributed by atoms with E-state index in [9.17, 15) is 4.39 Å². The fraction of sp³-hybridized carbons (Fsp3) is 0.294. The molecule has 0 radical (unpaired) electrons. The van der Waals surface area contributed by atoms with Crippen molar-refractivity contribution in [2.45, 2.75) is 25.4 Å². The molecule has 2 unspecified atom stereocenters. The van der Waals surface area contributed by atoms with E-state index in [1.165, 1.54) is 17.3 Å². The molecule has 104 valence electrons. The molecule has 0 saturated heterocycles. The number of anilines is 1. The predicted octanol–water partition coefficient (Wildman–Crippen LogP) is 3.28. The number of halogens is 1. The summed E-state index contributed by atoms with van der Waals surface area (Å²) in [7, 11) is 0. The average molecular weight is 270 g/mol. The minimum atomic E-state index is -0.181. The zero-order valence-corrected chi connectivity index (χ0v) is 11.6. The highest BCUT2D eigenvalue weighted by Gasteiger charge is 2.30. The summed E-state index contributed by atoms with van der Waals surface area (Å²) in [6.07, 6.45) is 0.994. The number of para-hydroxylation sites is 1. The molecule has 0 saturated carbocycles. The van der Waals surface area contributed by atoms with Crippen molar-refractivity contribution in [1.82, 2.24) is 0 Å². The Kier molecular flexibility index (Phi) is 3.45. The number of rotatable bonds is 3. The molecule has 3 heteroatoms. The van der Waals surface area contributed by atoms with E-state index in [2.05, 4.69) is 17.0 Å². The van der Waals surface area contributed by atoms with Crippen LogP contribution in [-0.4, -0.2) is 12.6 Å². The van der Waals surface area contributed by atoms with E-state index in [-0.39, 0.29) is 17.9 Å². The van der Waals surface area contributed by atoms with Crippen LogP contribution in [0.1, 0.15) is 24.1 Å². The molecule has 0 fully saturated rings. The van der Waals surface area contributed by atoms with Crippen molar-refractivity contribution in [3.63, 3.8) is 0 Å². The lowest BCUT2D eigenvalue weighted by Crippen LogP contribution is -2.39. The van der Waals surface area contributed by atoms with Gasteiger partial charge < -0.3 is 10.6 Å². The van der Waals surface area contributed by atoms with Gasteiger partial charge >= 0.3 is 0 Å². The van der Waals surface area contributed by atoms with Crippen molar-refractivity contribution in [1.29, 1.82) is 0 Å². The molecular weight excluding hydrogens is 251 g/mol. The highest BCUT2D eigenvalue weighted by Crippen LogP contribution is 2.36. The Balaban J connectivity index is 2.04. The molecule has 2 aromatic carbocycles. The molecule has 0 amide bonds. The monoisotopic (exact) mass is 270 g/mol. The fourth-order valence-corrected chi connectivity index (χ4v) is 3.10. The second kappa shape index (κ2) is 5.25. The highest BCUT2D eigenvalue weighted by atomic mass is 19.1. The number of hydrogen-bond donors (Lipinski definition) is 1. The number of hydrogen-bond acceptors (Lipinski definition) is 2. The highest BCUT2D eigenvalue weighted by molar-refractivity contribution is 5.59. The zero-order chi connectivity index (χ0) is 14.1. The van der Waals surface area contributed by atoms with Gasteiger partial charge in [0.1, 0.15) is 5.82 Å². The summed E-state index contributed by atoms with van der Waals surface area (Å²) in [4.78, 5) is 2.23. The Morgan fingerprint density at radius 2 is 1.80 bits per heavy atom. The molecule has 1 heterocycles. The van der Waals surface area contributed by atoms with Crippen LogP contribution in [0.4, 0.5) is 10.1 Å². The standard InChI is InChI=1S/C17H19FN2/c1-12(19)17(14-7-3-4-8-15(14)18)20-11-10-13-6-2-5-9-16(13)20/h2-9,12,17H,10-11,19H2,1H3. The first-order valence-electron chi connectivity index (χ1n) is 7.03. The van der Waals surface area contributed by atoms with Crippen molar-refractivity contribution in [3.05, 3.63) is 65.5 Å². The third-order valence-electron chi connectivity index (χ3n) is 3.98. The van der Waals surface area contributed by atoms with Crippen molar-refractivity contribution in [3.8, 4) is 0 Å². The van der Waals surface area contributed by atoms with E-state index in [0.29, 0.717) is 5.56 Å². The van der Waals surface area contributed by atoms with E-state index < -0.39 is 0 Å². The lowest BCUT2D eigenvalue weighted by Gasteiger charge is -2.33. The Morgan fingerprint density at radius 3 is 2.55 bits per heavy atom. The van der Waals surface area contributed by atoms with Gasteiger partial charge in [0, 0.05) is 23.8 Å². The number of fused-ring (bicyclic) bond motifs is 1. The van der Waals surface area contributed by atoms with Gasteiger partial charge in [0.15, 0.2) is 0 Å². The minimum Gasteiger partial charge on any atom is -0.362 e. The molecule has 1 aliphatic heterocycles. The van der Waals surface area contributed by atoms with Gasteiger partial charge in [-0.25, -0.2) is 4.39 Å². The minimum absolute atomic E-state index is 0.125. The first-order chi connectivity index (χ1) is 9.68. The number of nitrogens with two attached hydrogens (primary N) is 1. The fourth-order valence-electron chi connectivity index (χ4n) is 3.10. The van der Waals surface area contributed by atoms with Crippen molar-refractivity contribution < 1.29 is 4.39 Å². The van der Waals surface area contributed by atoms with E-state index >= 15 is 0 Å². The second-order valence-corrected chi connectivity index (χ2v) is 5.40. The van der Waals surface area contributed by atoms with E-state index in [1.807, 2.05) is 31.2 Å². The Labute approximate surface area is 119 Å². The molecule has 0 aromatic heterocycles. The molecule has 2 atom stereocenters. The third-order valence-corrected chi connectivity index (χ3v) is 3.98. The molecule has 2 nitrogen and oxygen atoms in total. The topological polar surface area (TPSA) is 29.3 Å². The van der Waals surface area contributed by atoms with Crippen LogP contribution in [0.3, 0.4) is 0 Å². The normalized spacial score (nSPS) is 16.9. The lowest BCUT2D eigenvalue weighted by molar-refractivity contribution is 0.506. The summed E-state index contributed by atoms with van der Waals surface area (Å²) in [6, 6.07) is 15.0. The maximum absolute atomic E-state index is 14.1. The van der Waals surface area contributed by atoms with Crippen LogP contribution in [-0.2, 0) is 6.42 Å². The van der Waals surface area contributed by atoms with Gasteiger partial charge in [-0.2, -0.15) is 0 Å². The maximum Gasteiger partial charge on any atom is 0.128 e. The third kappa shape index (κ3) is 2.18. The molecule has 0 bridgehead atoms. The van der Waals surface area contributed by atoms with Crippen LogP contribution in [0.2, 0.25) is 0 Å². The summed E-state index contributed by atoms with van der Waals surface area (Å²) in [5.74, 6) is -0.181. The Bertz CT molecular complexity index is 609. The molecule has 2 aromatic rings. The molecule has 20 heavy (non-hydrogen) atoms. The maximum atomic E-state index is 14.1. The van der Waals surface area contributed by atoms with E-state index in [4.69, 9.17) is 5.73 Å². The van der Waals surface area contributed by atoms with Crippen LogP contribution in [0.5, 0.6) is 0 Å². The van der Waals surface area contributed by atoms with Crippen LogP contribution in [0.15, 0.2) is 48.5 Å². The summed E-state index contributed by atoms with van der Waals surface area (Å²) in [5, 5.41) is 0. The van der Waals surface area contributed by atoms with E-state index in [1.54, 1.807) is 6.07 Å². The first kappa shape index (κ1) is 13.1. The summed E-state index contributed by atoms with van der Waals surface area (Å²) in [5.41, 5.74) is 9.34. The summed E-state index contributed by atoms with van der Waals surface area (Å²) >= 11 is 0. The van der Waals surface area contributed by atoms with Gasteiger partial charge in [0.25, 0.3) is 0 Å². The molecule has 0 spiro atoms. The van der Waals surface area contributed by atoms with Gasteiger partial charge in [-0.3, -0.25) is 0 Å². The second-order valence-electron chi connectivity index (χ2n) is 5.40. The van der Waals surface area contributed by atoms with Crippen molar-refractivity contribution in [2.24, 2.45) is 5.73 Å². The van der Waals surface area contributed by atoms with E-state index in [0.717, 1.165) is 13.0 Å². The zero-order valence-electron chi connectivity index (χ0n) is 11.6. The van der Waals surface area contributed by atoms with Crippen LogP contribution in [0, 0.1) is 5.82 Å². The van der Waals surface area contributed by atoms with Gasteiger partial charge in [0.2, 0.25) is 0 Å².